The number of allylic oxidation sites excluding steroid dienone is 1. The summed E-state index contributed by atoms with van der Waals surface area (Å²) < 4.78 is 6.25. The first-order chi connectivity index (χ1) is 14.4. The predicted molar refractivity (Wildman–Crippen MR) is 119 cm³/mol. The maximum atomic E-state index is 13.6. The molecule has 2 unspecified atom stereocenters. The fourth-order valence-corrected chi connectivity index (χ4v) is 6.09. The van der Waals surface area contributed by atoms with Gasteiger partial charge in [0.15, 0.2) is 5.78 Å². The van der Waals surface area contributed by atoms with Gasteiger partial charge in [0.05, 0.1) is 29.6 Å². The van der Waals surface area contributed by atoms with Gasteiger partial charge in [-0.05, 0) is 60.6 Å². The normalized spacial score (nSPS) is 29.7. The Labute approximate surface area is 182 Å². The van der Waals surface area contributed by atoms with Crippen LogP contribution in [0.3, 0.4) is 0 Å². The molecular formula is C26H27ClO3. The van der Waals surface area contributed by atoms with Crippen LogP contribution in [0.5, 0.6) is 0 Å². The van der Waals surface area contributed by atoms with Crippen molar-refractivity contribution in [3.8, 4) is 0 Å². The Bertz CT molecular complexity index is 1030. The van der Waals surface area contributed by atoms with E-state index in [-0.39, 0.29) is 41.5 Å². The lowest BCUT2D eigenvalue weighted by Crippen LogP contribution is -2.33. The Morgan fingerprint density at radius 3 is 2.30 bits per heavy atom. The van der Waals surface area contributed by atoms with E-state index in [1.165, 1.54) is 5.56 Å². The Morgan fingerprint density at radius 1 is 1.07 bits per heavy atom. The van der Waals surface area contributed by atoms with Crippen LogP contribution in [0.4, 0.5) is 0 Å². The topological polar surface area (TPSA) is 46.5 Å². The zero-order valence-electron chi connectivity index (χ0n) is 17.6. The minimum atomic E-state index is -0.260. The molecule has 2 fully saturated rings. The van der Waals surface area contributed by atoms with E-state index < -0.39 is 0 Å². The number of ketones is 1. The molecule has 2 aromatic rings. The average Bonchev–Trinajstić information content (AvgIpc) is 3.40. The number of carbonyl (C=O) groups is 1. The molecule has 2 heterocycles. The third kappa shape index (κ3) is 2.79. The minimum absolute atomic E-state index is 0.0628. The van der Waals surface area contributed by atoms with Gasteiger partial charge < -0.3 is 9.84 Å². The summed E-state index contributed by atoms with van der Waals surface area (Å²) in [5, 5.41) is 12.1. The van der Waals surface area contributed by atoms with Crippen molar-refractivity contribution in [3.63, 3.8) is 0 Å². The van der Waals surface area contributed by atoms with Gasteiger partial charge in [0.25, 0.3) is 0 Å². The van der Waals surface area contributed by atoms with Crippen LogP contribution < -0.4 is 0 Å². The first-order valence-corrected chi connectivity index (χ1v) is 11.3. The molecule has 30 heavy (non-hydrogen) atoms. The van der Waals surface area contributed by atoms with Crippen molar-refractivity contribution < 1.29 is 14.6 Å². The number of fused-ring (bicyclic) bond motifs is 5. The molecule has 156 valence electrons. The van der Waals surface area contributed by atoms with Crippen LogP contribution in [0.25, 0.3) is 5.57 Å². The van der Waals surface area contributed by atoms with E-state index in [2.05, 4.69) is 32.9 Å². The van der Waals surface area contributed by atoms with Crippen LogP contribution in [0.15, 0.2) is 42.2 Å². The summed E-state index contributed by atoms with van der Waals surface area (Å²) in [6, 6.07) is 12.2. The van der Waals surface area contributed by atoms with Gasteiger partial charge in [-0.15, -0.1) is 0 Å². The van der Waals surface area contributed by atoms with E-state index in [1.807, 2.05) is 24.3 Å². The van der Waals surface area contributed by atoms with Crippen LogP contribution in [0, 0.1) is 18.8 Å². The highest BCUT2D eigenvalue weighted by Crippen LogP contribution is 2.58. The molecule has 2 saturated heterocycles. The Morgan fingerprint density at radius 2 is 1.70 bits per heavy atom. The van der Waals surface area contributed by atoms with Gasteiger partial charge in [-0.25, -0.2) is 0 Å². The molecular weight excluding hydrogens is 396 g/mol. The molecule has 0 aromatic heterocycles. The number of ether oxygens (including phenoxy) is 1. The lowest BCUT2D eigenvalue weighted by atomic mass is 9.72. The highest BCUT2D eigenvalue weighted by molar-refractivity contribution is 6.30. The molecule has 0 saturated carbocycles. The molecule has 2 aromatic carbocycles. The van der Waals surface area contributed by atoms with Crippen LogP contribution in [0.1, 0.15) is 54.0 Å². The fourth-order valence-electron chi connectivity index (χ4n) is 5.96. The molecule has 5 atom stereocenters. The maximum Gasteiger partial charge on any atom is 0.173 e. The predicted octanol–water partition coefficient (Wildman–Crippen LogP) is 5.81. The molecule has 0 amide bonds. The monoisotopic (exact) mass is 422 g/mol. The molecule has 5 rings (SSSR count). The average molecular weight is 423 g/mol. The van der Waals surface area contributed by atoms with Crippen LogP contribution >= 0.6 is 11.6 Å². The molecule has 2 bridgehead atoms. The summed E-state index contributed by atoms with van der Waals surface area (Å²) in [6.07, 6.45) is 2.19. The van der Waals surface area contributed by atoms with Crippen molar-refractivity contribution in [2.75, 3.05) is 0 Å². The quantitative estimate of drug-likeness (QED) is 0.676. The summed E-state index contributed by atoms with van der Waals surface area (Å²) in [5.74, 6) is -0.0266. The fraction of sp³-hybridized carbons (Fsp3) is 0.423. The largest absolute Gasteiger partial charge is 0.511 e. The second-order valence-corrected chi connectivity index (χ2v) is 9.31. The van der Waals surface area contributed by atoms with Crippen molar-refractivity contribution in [2.45, 2.75) is 58.2 Å². The maximum absolute atomic E-state index is 13.6. The third-order valence-electron chi connectivity index (χ3n) is 7.23. The van der Waals surface area contributed by atoms with E-state index in [4.69, 9.17) is 16.3 Å². The van der Waals surface area contributed by atoms with E-state index >= 15 is 0 Å². The molecule has 4 heteroatoms. The molecule has 1 aliphatic carbocycles. The lowest BCUT2D eigenvalue weighted by Gasteiger charge is -2.27. The number of benzene rings is 2. The lowest BCUT2D eigenvalue weighted by molar-refractivity contribution is -0.118. The van der Waals surface area contributed by atoms with Crippen LogP contribution in [-0.2, 0) is 22.4 Å². The SMILES string of the molecule is CCc1cc(C)cc(CC)c1C1=C(O)[C@@H]2[C@@H]3OC(CC3c3ccc(Cl)cc3)[C@@H]2C1=O. The number of hydrogen-bond acceptors (Lipinski definition) is 3. The third-order valence-corrected chi connectivity index (χ3v) is 7.49. The number of carbonyl (C=O) groups excluding carboxylic acids is 1. The summed E-state index contributed by atoms with van der Waals surface area (Å²) in [6.45, 7) is 6.31. The van der Waals surface area contributed by atoms with E-state index in [9.17, 15) is 9.90 Å². The number of Topliss-reactive ketones (excluding diaryl/α,β-unsaturated/α-hetero) is 1. The van der Waals surface area contributed by atoms with E-state index in [0.717, 1.165) is 41.5 Å². The Kier molecular flexibility index (Phi) is 4.79. The van der Waals surface area contributed by atoms with Gasteiger partial charge in [0.1, 0.15) is 5.76 Å². The number of aliphatic hydroxyl groups is 1. The smallest absolute Gasteiger partial charge is 0.173 e. The Balaban J connectivity index is 1.59. The van der Waals surface area contributed by atoms with Crippen molar-refractivity contribution in [1.82, 2.24) is 0 Å². The van der Waals surface area contributed by atoms with Gasteiger partial charge in [-0.3, -0.25) is 4.79 Å². The highest BCUT2D eigenvalue weighted by Gasteiger charge is 2.62. The number of aryl methyl sites for hydroxylation is 3. The molecule has 3 aliphatic rings. The minimum Gasteiger partial charge on any atom is -0.511 e. The summed E-state index contributed by atoms with van der Waals surface area (Å²) in [5.41, 5.74) is 6.16. The van der Waals surface area contributed by atoms with Gasteiger partial charge >= 0.3 is 0 Å². The Hall–Kier alpha value is -2.10. The van der Waals surface area contributed by atoms with Gasteiger partial charge in [0, 0.05) is 10.9 Å². The van der Waals surface area contributed by atoms with Crippen molar-refractivity contribution in [3.05, 3.63) is 75.0 Å². The molecule has 0 radical (unpaired) electrons. The zero-order chi connectivity index (χ0) is 21.2. The highest BCUT2D eigenvalue weighted by atomic mass is 35.5. The zero-order valence-corrected chi connectivity index (χ0v) is 18.4. The number of rotatable bonds is 4. The van der Waals surface area contributed by atoms with E-state index in [0.29, 0.717) is 10.6 Å². The van der Waals surface area contributed by atoms with Crippen LogP contribution in [0.2, 0.25) is 5.02 Å². The van der Waals surface area contributed by atoms with Crippen molar-refractivity contribution in [2.24, 2.45) is 11.8 Å². The molecule has 2 aliphatic heterocycles. The summed E-state index contributed by atoms with van der Waals surface area (Å²) in [4.78, 5) is 13.6. The second-order valence-electron chi connectivity index (χ2n) is 8.87. The summed E-state index contributed by atoms with van der Waals surface area (Å²) in [7, 11) is 0. The molecule has 3 nitrogen and oxygen atoms in total. The van der Waals surface area contributed by atoms with Crippen molar-refractivity contribution in [1.29, 1.82) is 0 Å². The standard InChI is InChI=1S/C26H27ClO3/c1-4-14-10-13(3)11-15(5-2)20(14)22-24(28)21-19-12-18(16-6-8-17(27)9-7-16)26(30-19)23(21)25(22)29/h6-11,18-19,21,23,26,29H,4-5,12H2,1-3H3/t18?,19?,21-,23+,26+/m0/s1. The first-order valence-electron chi connectivity index (χ1n) is 11.0. The number of aliphatic hydroxyl groups excluding tert-OH is 1. The van der Waals surface area contributed by atoms with E-state index in [1.54, 1.807) is 0 Å². The van der Waals surface area contributed by atoms with Crippen LogP contribution in [-0.4, -0.2) is 23.1 Å². The van der Waals surface area contributed by atoms with Gasteiger partial charge in [-0.1, -0.05) is 55.3 Å². The second kappa shape index (κ2) is 7.25. The first kappa shape index (κ1) is 19.8. The van der Waals surface area contributed by atoms with Gasteiger partial charge in [0.2, 0.25) is 0 Å². The number of halogens is 1. The van der Waals surface area contributed by atoms with Crippen molar-refractivity contribution >= 4 is 23.0 Å². The molecule has 0 spiro atoms. The van der Waals surface area contributed by atoms with Gasteiger partial charge in [-0.2, -0.15) is 0 Å². The number of hydrogen-bond donors (Lipinski definition) is 1. The molecule has 1 N–H and O–H groups in total. The summed E-state index contributed by atoms with van der Waals surface area (Å²) >= 11 is 6.06.